The van der Waals surface area contributed by atoms with E-state index < -0.39 is 0 Å². The second-order valence-electron chi connectivity index (χ2n) is 20.2. The van der Waals surface area contributed by atoms with E-state index >= 15 is 0 Å². The van der Waals surface area contributed by atoms with Crippen molar-refractivity contribution in [1.82, 2.24) is 0 Å². The molecule has 9 aromatic rings. The molecule has 69 heavy (non-hydrogen) atoms. The highest BCUT2D eigenvalue weighted by Gasteiger charge is 2.38. The fourth-order valence-corrected chi connectivity index (χ4v) is 12.0. The average Bonchev–Trinajstić information content (AvgIpc) is 3.64. The standard InChI is InChI=1S/C67H60N2/c1-67(2)61-28-17-27-59(52-22-11-5-12-23-52)66(61)60-43-42-57(46-62(60)67)69(63-29-16-15-26-58(63)51-20-9-4-10-21-51)65-45-48-31-35-53-34-30-47(32-36-54(65)37-33-48)44-64(53)68(55-24-13-6-14-25-55)56-40-38-50(39-41-56)49-18-7-3-8-19-49/h4-6,9-17,20-30,33-34,37-46,49H,3,7-8,18-19,31-32,35-36H2,1-2H3. The van der Waals surface area contributed by atoms with Crippen molar-refractivity contribution >= 4 is 34.1 Å². The Labute approximate surface area is 409 Å². The lowest BCUT2D eigenvalue weighted by atomic mass is 9.81. The van der Waals surface area contributed by atoms with Crippen molar-refractivity contribution in [3.8, 4) is 33.4 Å². The predicted octanol–water partition coefficient (Wildman–Crippen LogP) is 18.2. The lowest BCUT2D eigenvalue weighted by molar-refractivity contribution is 0.443. The molecule has 6 aliphatic rings. The van der Waals surface area contributed by atoms with Gasteiger partial charge >= 0.3 is 0 Å². The third-order valence-corrected chi connectivity index (χ3v) is 15.6. The Hall–Kier alpha value is -7.42. The van der Waals surface area contributed by atoms with Crippen molar-refractivity contribution in [3.63, 3.8) is 0 Å². The zero-order valence-corrected chi connectivity index (χ0v) is 40.0. The molecule has 6 aliphatic carbocycles. The molecule has 0 aliphatic heterocycles. The van der Waals surface area contributed by atoms with Gasteiger partial charge < -0.3 is 9.80 Å². The number of benzene rings is 9. The first-order chi connectivity index (χ1) is 34.0. The molecular weight excluding hydrogens is 833 g/mol. The molecule has 0 N–H and O–H groups in total. The molecule has 0 unspecified atom stereocenters. The summed E-state index contributed by atoms with van der Waals surface area (Å²) in [7, 11) is 0. The molecule has 1 saturated carbocycles. The molecule has 0 amide bonds. The van der Waals surface area contributed by atoms with Crippen molar-refractivity contribution in [1.29, 1.82) is 0 Å². The molecule has 2 nitrogen and oxygen atoms in total. The van der Waals surface area contributed by atoms with Crippen molar-refractivity contribution in [2.75, 3.05) is 9.80 Å². The SMILES string of the molecule is CC1(C)c2cc(N(c3cc4ccc3CCc3ccc(c(N(c5ccccc5)c5ccc(C6CCCCC6)cc5)c3)CC4)c3ccccc3-c3ccccc3)ccc2-c2c(-c3ccccc3)cccc21. The Morgan fingerprint density at radius 1 is 0.377 bits per heavy atom. The molecule has 4 bridgehead atoms. The lowest BCUT2D eigenvalue weighted by Crippen LogP contribution is -2.18. The number of anilines is 6. The van der Waals surface area contributed by atoms with Crippen LogP contribution in [0.4, 0.5) is 34.1 Å². The van der Waals surface area contributed by atoms with Crippen LogP contribution in [-0.4, -0.2) is 0 Å². The molecule has 9 aromatic carbocycles. The maximum atomic E-state index is 2.59. The van der Waals surface area contributed by atoms with Crippen LogP contribution in [0.25, 0.3) is 33.4 Å². The zero-order valence-electron chi connectivity index (χ0n) is 40.0. The highest BCUT2D eigenvalue weighted by molar-refractivity contribution is 5.95. The van der Waals surface area contributed by atoms with Gasteiger partial charge in [0.1, 0.15) is 0 Å². The number of para-hydroxylation sites is 2. The Kier molecular flexibility index (Phi) is 11.3. The molecule has 0 radical (unpaired) electrons. The van der Waals surface area contributed by atoms with E-state index in [9.17, 15) is 0 Å². The minimum absolute atomic E-state index is 0.188. The van der Waals surface area contributed by atoms with Gasteiger partial charge in [0.05, 0.1) is 5.69 Å². The van der Waals surface area contributed by atoms with E-state index in [1.165, 1.54) is 139 Å². The highest BCUT2D eigenvalue weighted by atomic mass is 15.2. The topological polar surface area (TPSA) is 6.48 Å². The number of nitrogens with zero attached hydrogens (tertiary/aromatic N) is 2. The van der Waals surface area contributed by atoms with Gasteiger partial charge in [-0.2, -0.15) is 0 Å². The fourth-order valence-electron chi connectivity index (χ4n) is 12.0. The monoisotopic (exact) mass is 892 g/mol. The maximum absolute atomic E-state index is 2.59. The second kappa shape index (κ2) is 18.2. The van der Waals surface area contributed by atoms with E-state index in [1.807, 2.05) is 0 Å². The van der Waals surface area contributed by atoms with Gasteiger partial charge in [-0.15, -0.1) is 0 Å². The Bertz CT molecular complexity index is 3270. The molecule has 0 spiro atoms. The number of aryl methyl sites for hydroxylation is 4. The van der Waals surface area contributed by atoms with E-state index in [2.05, 4.69) is 236 Å². The molecule has 338 valence electrons. The van der Waals surface area contributed by atoms with Gasteiger partial charge in [0.25, 0.3) is 0 Å². The number of hydrogen-bond donors (Lipinski definition) is 0. The minimum atomic E-state index is -0.188. The quantitative estimate of drug-likeness (QED) is 0.142. The summed E-state index contributed by atoms with van der Waals surface area (Å²) in [6, 6.07) is 80.3. The van der Waals surface area contributed by atoms with Crippen molar-refractivity contribution in [3.05, 3.63) is 251 Å². The van der Waals surface area contributed by atoms with E-state index in [0.717, 1.165) is 25.7 Å². The van der Waals surface area contributed by atoms with E-state index in [-0.39, 0.29) is 5.41 Å². The van der Waals surface area contributed by atoms with Crippen LogP contribution in [0.3, 0.4) is 0 Å². The molecule has 15 rings (SSSR count). The molecule has 0 saturated heterocycles. The largest absolute Gasteiger partial charge is 0.310 e. The zero-order chi connectivity index (χ0) is 46.3. The Morgan fingerprint density at radius 2 is 0.928 bits per heavy atom. The average molecular weight is 893 g/mol. The smallest absolute Gasteiger partial charge is 0.0540 e. The molecular formula is C67H60N2. The van der Waals surface area contributed by atoms with Gasteiger partial charge in [-0.25, -0.2) is 0 Å². The molecule has 0 heterocycles. The summed E-state index contributed by atoms with van der Waals surface area (Å²) in [5.74, 6) is 0.681. The van der Waals surface area contributed by atoms with Gasteiger partial charge in [0, 0.05) is 39.4 Å². The number of fused-ring (bicyclic) bond motifs is 3. The van der Waals surface area contributed by atoms with Gasteiger partial charge in [0.2, 0.25) is 0 Å². The summed E-state index contributed by atoms with van der Waals surface area (Å²) in [6.45, 7) is 4.82. The third-order valence-electron chi connectivity index (χ3n) is 15.6. The normalized spacial score (nSPS) is 14.9. The first-order valence-electron chi connectivity index (χ1n) is 25.4. The summed E-state index contributed by atoms with van der Waals surface area (Å²) in [4.78, 5) is 5.10. The number of hydrogen-bond acceptors (Lipinski definition) is 2. The first kappa shape index (κ1) is 42.9. The van der Waals surface area contributed by atoms with E-state index in [4.69, 9.17) is 0 Å². The van der Waals surface area contributed by atoms with Crippen LogP contribution in [-0.2, 0) is 31.1 Å². The van der Waals surface area contributed by atoms with Crippen molar-refractivity contribution in [2.24, 2.45) is 0 Å². The van der Waals surface area contributed by atoms with Crippen LogP contribution in [0.1, 0.15) is 90.8 Å². The van der Waals surface area contributed by atoms with Crippen molar-refractivity contribution < 1.29 is 0 Å². The van der Waals surface area contributed by atoms with Crippen LogP contribution in [0, 0.1) is 0 Å². The summed E-state index contributed by atoms with van der Waals surface area (Å²) in [5, 5.41) is 0. The molecule has 0 aromatic heterocycles. The summed E-state index contributed by atoms with van der Waals surface area (Å²) in [6.07, 6.45) is 10.4. The van der Waals surface area contributed by atoms with Crippen LogP contribution >= 0.6 is 0 Å². The summed E-state index contributed by atoms with van der Waals surface area (Å²) >= 11 is 0. The fraction of sp³-hybridized carbons (Fsp3) is 0.194. The molecule has 0 atom stereocenters. The summed E-state index contributed by atoms with van der Waals surface area (Å²) < 4.78 is 0. The van der Waals surface area contributed by atoms with Crippen LogP contribution < -0.4 is 9.80 Å². The lowest BCUT2D eigenvalue weighted by Gasteiger charge is -2.32. The van der Waals surface area contributed by atoms with Crippen molar-refractivity contribution in [2.45, 2.75) is 83.0 Å². The number of rotatable bonds is 9. The van der Waals surface area contributed by atoms with E-state index in [0.29, 0.717) is 5.92 Å². The Balaban J connectivity index is 0.966. The van der Waals surface area contributed by atoms with Gasteiger partial charge in [-0.1, -0.05) is 191 Å². The van der Waals surface area contributed by atoms with E-state index in [1.54, 1.807) is 0 Å². The first-order valence-corrected chi connectivity index (χ1v) is 25.4. The molecule has 1 fully saturated rings. The van der Waals surface area contributed by atoms with Crippen LogP contribution in [0.2, 0.25) is 0 Å². The van der Waals surface area contributed by atoms with Gasteiger partial charge in [0.15, 0.2) is 0 Å². The van der Waals surface area contributed by atoms with Gasteiger partial charge in [-0.05, 0) is 166 Å². The maximum Gasteiger partial charge on any atom is 0.0540 e. The third kappa shape index (κ3) is 8.06. The van der Waals surface area contributed by atoms with Gasteiger partial charge in [-0.3, -0.25) is 0 Å². The van der Waals surface area contributed by atoms with Crippen LogP contribution in [0.15, 0.2) is 212 Å². The predicted molar refractivity (Wildman–Crippen MR) is 291 cm³/mol. The minimum Gasteiger partial charge on any atom is -0.310 e. The highest BCUT2D eigenvalue weighted by Crippen LogP contribution is 2.54. The van der Waals surface area contributed by atoms with Crippen LogP contribution in [0.5, 0.6) is 0 Å². The Morgan fingerprint density at radius 3 is 1.59 bits per heavy atom. The molecule has 2 heteroatoms. The second-order valence-corrected chi connectivity index (χ2v) is 20.2. The summed E-state index contributed by atoms with van der Waals surface area (Å²) in [5.41, 5.74) is 24.5.